The topological polar surface area (TPSA) is 72.9 Å². The second kappa shape index (κ2) is 8.62. The molecule has 1 heterocycles. The summed E-state index contributed by atoms with van der Waals surface area (Å²) in [6.07, 6.45) is 10.6. The maximum atomic E-state index is 13.0. The van der Waals surface area contributed by atoms with Gasteiger partial charge < -0.3 is 11.1 Å². The van der Waals surface area contributed by atoms with Gasteiger partial charge in [0.15, 0.2) is 0 Å². The van der Waals surface area contributed by atoms with Gasteiger partial charge in [-0.3, -0.25) is 9.48 Å². The first-order chi connectivity index (χ1) is 13.1. The number of amides is 1. The Kier molecular flexibility index (Phi) is 5.79. The number of anilines is 2. The van der Waals surface area contributed by atoms with E-state index < -0.39 is 5.82 Å². The molecule has 27 heavy (non-hydrogen) atoms. The molecule has 0 unspecified atom stereocenters. The van der Waals surface area contributed by atoms with Gasteiger partial charge in [-0.2, -0.15) is 5.10 Å². The molecule has 0 bridgehead atoms. The molecule has 2 aromatic carbocycles. The fourth-order valence-electron chi connectivity index (χ4n) is 2.42. The third-order valence-corrected chi connectivity index (χ3v) is 3.75. The van der Waals surface area contributed by atoms with Crippen molar-refractivity contribution in [2.24, 2.45) is 0 Å². The third kappa shape index (κ3) is 5.40. The summed E-state index contributed by atoms with van der Waals surface area (Å²) in [4.78, 5) is 12.0. The molecule has 0 aliphatic heterocycles. The van der Waals surface area contributed by atoms with E-state index in [2.05, 4.69) is 10.4 Å². The van der Waals surface area contributed by atoms with E-state index in [0.29, 0.717) is 12.2 Å². The Hall–Kier alpha value is -3.67. The first-order valence-electron chi connectivity index (χ1n) is 8.38. The molecule has 1 amide bonds. The lowest BCUT2D eigenvalue weighted by atomic mass is 10.2. The lowest BCUT2D eigenvalue weighted by molar-refractivity contribution is -0.111. The van der Waals surface area contributed by atoms with E-state index in [1.165, 1.54) is 18.2 Å². The lowest BCUT2D eigenvalue weighted by Crippen LogP contribution is -2.09. The summed E-state index contributed by atoms with van der Waals surface area (Å²) in [5, 5.41) is 6.87. The second-order valence-corrected chi connectivity index (χ2v) is 5.86. The standard InChI is InChI=1S/C21H19FN4O/c22-18-9-10-20(19(23)13-18)25-21(27)11-8-17-14-24-26(15-17)12-4-7-16-5-2-1-3-6-16/h1-11,13-15H,12,23H2,(H,25,27)/b7-4-,11-8+. The van der Waals surface area contributed by atoms with Crippen LogP contribution in [0.25, 0.3) is 12.2 Å². The number of rotatable bonds is 6. The minimum absolute atomic E-state index is 0.176. The fraction of sp³-hybridized carbons (Fsp3) is 0.0476. The van der Waals surface area contributed by atoms with E-state index in [1.807, 2.05) is 48.7 Å². The number of nitrogens with zero attached hydrogens (tertiary/aromatic N) is 2. The zero-order valence-corrected chi connectivity index (χ0v) is 14.5. The average Bonchev–Trinajstić information content (AvgIpc) is 3.11. The molecule has 0 fully saturated rings. The van der Waals surface area contributed by atoms with Gasteiger partial charge in [0.25, 0.3) is 0 Å². The molecule has 0 spiro atoms. The summed E-state index contributed by atoms with van der Waals surface area (Å²) in [5.74, 6) is -0.806. The Bertz CT molecular complexity index is 977. The summed E-state index contributed by atoms with van der Waals surface area (Å²) in [5.41, 5.74) is 8.14. The summed E-state index contributed by atoms with van der Waals surface area (Å²) in [6, 6.07) is 13.8. The van der Waals surface area contributed by atoms with Gasteiger partial charge in [-0.1, -0.05) is 42.5 Å². The highest BCUT2D eigenvalue weighted by molar-refractivity contribution is 6.03. The Morgan fingerprint density at radius 3 is 2.74 bits per heavy atom. The Labute approximate surface area is 156 Å². The maximum absolute atomic E-state index is 13.0. The Morgan fingerprint density at radius 1 is 1.15 bits per heavy atom. The molecule has 1 aromatic heterocycles. The van der Waals surface area contributed by atoms with Gasteiger partial charge in [-0.05, 0) is 29.8 Å². The fourth-order valence-corrected chi connectivity index (χ4v) is 2.42. The number of nitrogens with one attached hydrogen (secondary N) is 1. The Balaban J connectivity index is 1.55. The smallest absolute Gasteiger partial charge is 0.248 e. The molecule has 5 nitrogen and oxygen atoms in total. The van der Waals surface area contributed by atoms with E-state index in [0.717, 1.165) is 17.2 Å². The van der Waals surface area contributed by atoms with Crippen LogP contribution in [0.3, 0.4) is 0 Å². The number of nitrogen functional groups attached to an aromatic ring is 1. The van der Waals surface area contributed by atoms with E-state index >= 15 is 0 Å². The van der Waals surface area contributed by atoms with Crippen molar-refractivity contribution in [3.8, 4) is 0 Å². The number of carbonyl (C=O) groups is 1. The summed E-state index contributed by atoms with van der Waals surface area (Å²) in [7, 11) is 0. The number of allylic oxidation sites excluding steroid dienone is 1. The van der Waals surface area contributed by atoms with Crippen LogP contribution in [0.4, 0.5) is 15.8 Å². The van der Waals surface area contributed by atoms with Crippen molar-refractivity contribution in [3.05, 3.63) is 90.0 Å². The van der Waals surface area contributed by atoms with E-state index in [4.69, 9.17) is 5.73 Å². The normalized spacial score (nSPS) is 11.3. The van der Waals surface area contributed by atoms with Crippen LogP contribution in [0.2, 0.25) is 0 Å². The van der Waals surface area contributed by atoms with Crippen LogP contribution in [-0.2, 0) is 11.3 Å². The van der Waals surface area contributed by atoms with E-state index in [1.54, 1.807) is 17.0 Å². The summed E-state index contributed by atoms with van der Waals surface area (Å²) < 4.78 is 14.8. The molecular weight excluding hydrogens is 343 g/mol. The zero-order valence-electron chi connectivity index (χ0n) is 14.5. The molecule has 136 valence electrons. The lowest BCUT2D eigenvalue weighted by Gasteiger charge is -2.05. The molecule has 0 atom stereocenters. The number of hydrogen-bond donors (Lipinski definition) is 2. The number of carbonyl (C=O) groups excluding carboxylic acids is 1. The van der Waals surface area contributed by atoms with Crippen molar-refractivity contribution in [1.82, 2.24) is 9.78 Å². The molecule has 3 rings (SSSR count). The molecule has 0 radical (unpaired) electrons. The zero-order chi connectivity index (χ0) is 19.1. The van der Waals surface area contributed by atoms with Gasteiger partial charge in [0.1, 0.15) is 5.82 Å². The minimum Gasteiger partial charge on any atom is -0.397 e. The molecule has 0 saturated carbocycles. The largest absolute Gasteiger partial charge is 0.397 e. The number of benzene rings is 2. The summed E-state index contributed by atoms with van der Waals surface area (Å²) >= 11 is 0. The van der Waals surface area contributed by atoms with Crippen molar-refractivity contribution in [3.63, 3.8) is 0 Å². The average molecular weight is 362 g/mol. The van der Waals surface area contributed by atoms with Crippen LogP contribution >= 0.6 is 0 Å². The minimum atomic E-state index is -0.449. The highest BCUT2D eigenvalue weighted by atomic mass is 19.1. The number of aromatic nitrogens is 2. The molecule has 3 N–H and O–H groups in total. The van der Waals surface area contributed by atoms with Crippen LogP contribution < -0.4 is 11.1 Å². The number of nitrogens with two attached hydrogens (primary N) is 1. The van der Waals surface area contributed by atoms with E-state index in [-0.39, 0.29) is 11.6 Å². The van der Waals surface area contributed by atoms with Gasteiger partial charge in [-0.25, -0.2) is 4.39 Å². The van der Waals surface area contributed by atoms with Crippen LogP contribution in [-0.4, -0.2) is 15.7 Å². The van der Waals surface area contributed by atoms with Crippen LogP contribution in [0.5, 0.6) is 0 Å². The molecule has 6 heteroatoms. The first kappa shape index (κ1) is 18.1. The monoisotopic (exact) mass is 362 g/mol. The van der Waals surface area contributed by atoms with Gasteiger partial charge in [-0.15, -0.1) is 0 Å². The van der Waals surface area contributed by atoms with Gasteiger partial charge in [0, 0.05) is 17.8 Å². The van der Waals surface area contributed by atoms with Crippen molar-refractivity contribution in [2.75, 3.05) is 11.1 Å². The van der Waals surface area contributed by atoms with Crippen LogP contribution in [0.1, 0.15) is 11.1 Å². The van der Waals surface area contributed by atoms with Gasteiger partial charge in [0.2, 0.25) is 5.91 Å². The molecule has 0 aliphatic rings. The van der Waals surface area contributed by atoms with Crippen molar-refractivity contribution in [2.45, 2.75) is 6.54 Å². The third-order valence-electron chi connectivity index (χ3n) is 3.75. The van der Waals surface area contributed by atoms with Crippen molar-refractivity contribution >= 4 is 29.4 Å². The highest BCUT2D eigenvalue weighted by Gasteiger charge is 2.03. The maximum Gasteiger partial charge on any atom is 0.248 e. The Morgan fingerprint density at radius 2 is 1.96 bits per heavy atom. The molecule has 0 aliphatic carbocycles. The predicted octanol–water partition coefficient (Wildman–Crippen LogP) is 3.97. The quantitative estimate of drug-likeness (QED) is 0.515. The highest BCUT2D eigenvalue weighted by Crippen LogP contribution is 2.19. The van der Waals surface area contributed by atoms with Crippen LogP contribution in [0, 0.1) is 5.82 Å². The SMILES string of the molecule is Nc1cc(F)ccc1NC(=O)/C=C/c1cnn(C/C=C\c2ccccc2)c1. The second-order valence-electron chi connectivity index (χ2n) is 5.86. The molecule has 0 saturated heterocycles. The molecule has 3 aromatic rings. The predicted molar refractivity (Wildman–Crippen MR) is 106 cm³/mol. The van der Waals surface area contributed by atoms with Crippen molar-refractivity contribution < 1.29 is 9.18 Å². The molecular formula is C21H19FN4O. The van der Waals surface area contributed by atoms with Gasteiger partial charge in [0.05, 0.1) is 24.1 Å². The van der Waals surface area contributed by atoms with Gasteiger partial charge >= 0.3 is 0 Å². The number of halogens is 1. The summed E-state index contributed by atoms with van der Waals surface area (Å²) in [6.45, 7) is 0.626. The first-order valence-corrected chi connectivity index (χ1v) is 8.38. The van der Waals surface area contributed by atoms with Crippen LogP contribution in [0.15, 0.2) is 73.1 Å². The van der Waals surface area contributed by atoms with E-state index in [9.17, 15) is 9.18 Å². The van der Waals surface area contributed by atoms with Crippen molar-refractivity contribution in [1.29, 1.82) is 0 Å². The number of hydrogen-bond acceptors (Lipinski definition) is 3.